The molecule has 0 N–H and O–H groups in total. The number of nitrogens with zero attached hydrogens (tertiary/aromatic N) is 1. The number of hydrogen-bond donors (Lipinski definition) is 0. The van der Waals surface area contributed by atoms with E-state index >= 15 is 0 Å². The van der Waals surface area contributed by atoms with Crippen molar-refractivity contribution in [3.05, 3.63) is 0 Å². The summed E-state index contributed by atoms with van der Waals surface area (Å²) >= 11 is 0. The summed E-state index contributed by atoms with van der Waals surface area (Å²) in [5.41, 5.74) is 0. The van der Waals surface area contributed by atoms with E-state index in [2.05, 4.69) is 0 Å². The van der Waals surface area contributed by atoms with Gasteiger partial charge in [-0.1, -0.05) is 6.92 Å². The molecule has 0 aromatic carbocycles. The maximum atomic E-state index is 11.4. The molecule has 0 spiro atoms. The normalized spacial score (nSPS) is 13.6. The van der Waals surface area contributed by atoms with Crippen molar-refractivity contribution in [2.24, 2.45) is 0 Å². The van der Waals surface area contributed by atoms with Gasteiger partial charge in [0.1, 0.15) is 0 Å². The summed E-state index contributed by atoms with van der Waals surface area (Å²) in [7, 11) is -2.90. The van der Waals surface area contributed by atoms with E-state index in [4.69, 9.17) is 5.26 Å². The zero-order valence-electron chi connectivity index (χ0n) is 8.28. The molecule has 0 radical (unpaired) electrons. The first kappa shape index (κ1) is 12.4. The van der Waals surface area contributed by atoms with Gasteiger partial charge in [0.25, 0.3) is 0 Å². The molecule has 1 unspecified atom stereocenters. The van der Waals surface area contributed by atoms with Crippen molar-refractivity contribution in [2.45, 2.75) is 44.8 Å². The number of rotatable bonds is 6. The van der Waals surface area contributed by atoms with E-state index in [1.54, 1.807) is 6.92 Å². The molecule has 3 nitrogen and oxygen atoms in total. The van der Waals surface area contributed by atoms with Crippen LogP contribution in [0.25, 0.3) is 0 Å². The van der Waals surface area contributed by atoms with Crippen molar-refractivity contribution in [2.75, 3.05) is 5.75 Å². The lowest BCUT2D eigenvalue weighted by atomic mass is 10.3. The lowest BCUT2D eigenvalue weighted by Gasteiger charge is -2.09. The molecule has 0 rings (SSSR count). The summed E-state index contributed by atoms with van der Waals surface area (Å²) in [6.07, 6.45) is 2.42. The summed E-state index contributed by atoms with van der Waals surface area (Å²) in [5.74, 6) is 0.226. The maximum absolute atomic E-state index is 11.4. The molecule has 0 amide bonds. The van der Waals surface area contributed by atoms with Gasteiger partial charge in [0.15, 0.2) is 9.84 Å². The van der Waals surface area contributed by atoms with Crippen LogP contribution in [-0.4, -0.2) is 19.4 Å². The van der Waals surface area contributed by atoms with Gasteiger partial charge in [0, 0.05) is 6.42 Å². The second-order valence-electron chi connectivity index (χ2n) is 3.20. The van der Waals surface area contributed by atoms with Crippen LogP contribution in [0, 0.1) is 11.3 Å². The Labute approximate surface area is 80.7 Å². The van der Waals surface area contributed by atoms with Crippen LogP contribution in [0.2, 0.25) is 0 Å². The molecule has 0 aliphatic carbocycles. The third kappa shape index (κ3) is 4.89. The van der Waals surface area contributed by atoms with E-state index in [1.165, 1.54) is 0 Å². The van der Waals surface area contributed by atoms with Crippen LogP contribution in [0.4, 0.5) is 0 Å². The SMILES string of the molecule is CCC(C)S(=O)(=O)CCCCC#N. The Bertz CT molecular complexity index is 264. The van der Waals surface area contributed by atoms with Crippen LogP contribution in [0.3, 0.4) is 0 Å². The topological polar surface area (TPSA) is 57.9 Å². The Balaban J connectivity index is 3.85. The minimum atomic E-state index is -2.90. The van der Waals surface area contributed by atoms with Gasteiger partial charge in [-0.25, -0.2) is 8.42 Å². The lowest BCUT2D eigenvalue weighted by molar-refractivity contribution is 0.577. The summed E-state index contributed by atoms with van der Waals surface area (Å²) in [6.45, 7) is 3.61. The Morgan fingerprint density at radius 1 is 1.38 bits per heavy atom. The molecule has 0 aliphatic heterocycles. The smallest absolute Gasteiger partial charge is 0.152 e. The summed E-state index contributed by atoms with van der Waals surface area (Å²) in [6, 6.07) is 2.00. The van der Waals surface area contributed by atoms with Crippen molar-refractivity contribution in [1.82, 2.24) is 0 Å². The van der Waals surface area contributed by atoms with Crippen LogP contribution in [0.1, 0.15) is 39.5 Å². The average Bonchev–Trinajstić information content (AvgIpc) is 2.11. The van der Waals surface area contributed by atoms with Crippen molar-refractivity contribution in [3.63, 3.8) is 0 Å². The molecule has 0 bridgehead atoms. The van der Waals surface area contributed by atoms with Crippen molar-refractivity contribution >= 4 is 9.84 Å². The van der Waals surface area contributed by atoms with Gasteiger partial charge in [0.05, 0.1) is 17.1 Å². The van der Waals surface area contributed by atoms with Gasteiger partial charge < -0.3 is 0 Å². The molecule has 76 valence electrons. The zero-order chi connectivity index (χ0) is 10.3. The van der Waals surface area contributed by atoms with E-state index in [0.29, 0.717) is 25.7 Å². The summed E-state index contributed by atoms with van der Waals surface area (Å²) in [5, 5.41) is 8.01. The minimum Gasteiger partial charge on any atom is -0.229 e. The van der Waals surface area contributed by atoms with Crippen LogP contribution in [-0.2, 0) is 9.84 Å². The summed E-state index contributed by atoms with van der Waals surface area (Å²) < 4.78 is 22.9. The van der Waals surface area contributed by atoms with Gasteiger partial charge >= 0.3 is 0 Å². The molecule has 0 fully saturated rings. The lowest BCUT2D eigenvalue weighted by Crippen LogP contribution is -2.20. The van der Waals surface area contributed by atoms with Crippen molar-refractivity contribution in [3.8, 4) is 6.07 Å². The van der Waals surface area contributed by atoms with E-state index in [9.17, 15) is 8.42 Å². The third-order valence-electron chi connectivity index (χ3n) is 2.16. The monoisotopic (exact) mass is 203 g/mol. The fraction of sp³-hybridized carbons (Fsp3) is 0.889. The molecular weight excluding hydrogens is 186 g/mol. The van der Waals surface area contributed by atoms with Gasteiger partial charge in [-0.2, -0.15) is 5.26 Å². The highest BCUT2D eigenvalue weighted by molar-refractivity contribution is 7.91. The van der Waals surface area contributed by atoms with E-state index in [1.807, 2.05) is 13.0 Å². The zero-order valence-corrected chi connectivity index (χ0v) is 9.10. The highest BCUT2D eigenvalue weighted by Crippen LogP contribution is 2.08. The van der Waals surface area contributed by atoms with Crippen molar-refractivity contribution in [1.29, 1.82) is 5.26 Å². The molecule has 0 aromatic heterocycles. The highest BCUT2D eigenvalue weighted by atomic mass is 32.2. The second-order valence-corrected chi connectivity index (χ2v) is 5.74. The predicted octanol–water partition coefficient (Wildman–Crippen LogP) is 1.89. The minimum absolute atomic E-state index is 0.226. The Kier molecular flexibility index (Phi) is 5.72. The van der Waals surface area contributed by atoms with Gasteiger partial charge in [0.2, 0.25) is 0 Å². The first-order valence-corrected chi connectivity index (χ1v) is 6.34. The number of nitriles is 1. The second kappa shape index (κ2) is 5.98. The molecule has 0 heterocycles. The summed E-state index contributed by atoms with van der Waals surface area (Å²) in [4.78, 5) is 0. The van der Waals surface area contributed by atoms with Crippen molar-refractivity contribution < 1.29 is 8.42 Å². The standard InChI is InChI=1S/C9H17NO2S/c1-3-9(2)13(11,12)8-6-4-5-7-10/h9H,3-6,8H2,1-2H3. The van der Waals surface area contributed by atoms with Gasteiger partial charge in [-0.15, -0.1) is 0 Å². The first-order valence-electron chi connectivity index (χ1n) is 4.63. The predicted molar refractivity (Wildman–Crippen MR) is 53.0 cm³/mol. The fourth-order valence-corrected chi connectivity index (χ4v) is 2.48. The quantitative estimate of drug-likeness (QED) is 0.619. The maximum Gasteiger partial charge on any atom is 0.152 e. The molecule has 0 aliphatic rings. The molecule has 4 heteroatoms. The number of unbranched alkanes of at least 4 members (excludes halogenated alkanes) is 2. The molecule has 0 saturated carbocycles. The Morgan fingerprint density at radius 3 is 2.46 bits per heavy atom. The van der Waals surface area contributed by atoms with E-state index in [-0.39, 0.29) is 11.0 Å². The van der Waals surface area contributed by atoms with Crippen LogP contribution < -0.4 is 0 Å². The molecule has 13 heavy (non-hydrogen) atoms. The molecule has 0 aromatic rings. The van der Waals surface area contributed by atoms with Crippen LogP contribution >= 0.6 is 0 Å². The number of hydrogen-bond acceptors (Lipinski definition) is 3. The highest BCUT2D eigenvalue weighted by Gasteiger charge is 2.17. The molecular formula is C9H17NO2S. The average molecular weight is 203 g/mol. The van der Waals surface area contributed by atoms with E-state index < -0.39 is 9.84 Å². The molecule has 1 atom stereocenters. The van der Waals surface area contributed by atoms with Crippen LogP contribution in [0.15, 0.2) is 0 Å². The fourth-order valence-electron chi connectivity index (χ4n) is 0.962. The van der Waals surface area contributed by atoms with Gasteiger partial charge in [-0.3, -0.25) is 0 Å². The largest absolute Gasteiger partial charge is 0.229 e. The first-order chi connectivity index (χ1) is 6.04. The third-order valence-corrected chi connectivity index (χ3v) is 4.57. The Morgan fingerprint density at radius 2 is 2.00 bits per heavy atom. The Hall–Kier alpha value is -0.560. The van der Waals surface area contributed by atoms with Crippen LogP contribution in [0.5, 0.6) is 0 Å². The molecule has 0 saturated heterocycles. The van der Waals surface area contributed by atoms with E-state index in [0.717, 1.165) is 0 Å². The number of sulfone groups is 1. The van der Waals surface area contributed by atoms with Gasteiger partial charge in [-0.05, 0) is 26.2 Å².